The highest BCUT2D eigenvalue weighted by atomic mass is 19.2. The summed E-state index contributed by atoms with van der Waals surface area (Å²) in [6, 6.07) is 3.71. The third-order valence-corrected chi connectivity index (χ3v) is 3.73. The summed E-state index contributed by atoms with van der Waals surface area (Å²) in [5.41, 5.74) is 0.641. The number of aryl methyl sites for hydroxylation is 1. The van der Waals surface area contributed by atoms with Crippen LogP contribution in [0.5, 0.6) is 0 Å². The molecule has 1 heterocycles. The summed E-state index contributed by atoms with van der Waals surface area (Å²) >= 11 is 0. The molecule has 1 aliphatic rings. The second-order valence-electron chi connectivity index (χ2n) is 5.53. The molecule has 1 aromatic rings. The van der Waals surface area contributed by atoms with Crippen LogP contribution >= 0.6 is 0 Å². The fourth-order valence-electron chi connectivity index (χ4n) is 2.56. The van der Waals surface area contributed by atoms with Crippen LogP contribution in [0.15, 0.2) is 18.2 Å². The molecule has 23 heavy (non-hydrogen) atoms. The molecule has 126 valence electrons. The molecule has 0 saturated carbocycles. The van der Waals surface area contributed by atoms with Gasteiger partial charge >= 0.3 is 5.97 Å². The maximum Gasteiger partial charge on any atom is 0.306 e. The van der Waals surface area contributed by atoms with Gasteiger partial charge in [-0.05, 0) is 30.5 Å². The number of ether oxygens (including phenoxy) is 1. The number of nitrogens with zero attached hydrogens (tertiary/aromatic N) is 1. The van der Waals surface area contributed by atoms with Crippen LogP contribution < -0.4 is 0 Å². The van der Waals surface area contributed by atoms with E-state index in [9.17, 15) is 18.4 Å². The SMILES string of the molecule is O=C(O)C[C@H]1CN(C(=O)CCCc2ccc(F)c(F)c2)CCO1. The third-order valence-electron chi connectivity index (χ3n) is 3.73. The first-order valence-electron chi connectivity index (χ1n) is 7.51. The van der Waals surface area contributed by atoms with Gasteiger partial charge in [0, 0.05) is 19.5 Å². The van der Waals surface area contributed by atoms with Gasteiger partial charge < -0.3 is 14.7 Å². The van der Waals surface area contributed by atoms with E-state index < -0.39 is 23.7 Å². The molecule has 1 saturated heterocycles. The van der Waals surface area contributed by atoms with Crippen LogP contribution in [0.4, 0.5) is 8.78 Å². The molecule has 1 atom stereocenters. The van der Waals surface area contributed by atoms with Gasteiger partial charge in [0.05, 0.1) is 19.1 Å². The van der Waals surface area contributed by atoms with Gasteiger partial charge in [-0.15, -0.1) is 0 Å². The molecule has 0 aromatic heterocycles. The molecule has 0 aliphatic carbocycles. The van der Waals surface area contributed by atoms with E-state index in [-0.39, 0.29) is 25.3 Å². The van der Waals surface area contributed by atoms with Gasteiger partial charge in [-0.3, -0.25) is 9.59 Å². The van der Waals surface area contributed by atoms with Crippen molar-refractivity contribution in [2.75, 3.05) is 19.7 Å². The summed E-state index contributed by atoms with van der Waals surface area (Å²) in [7, 11) is 0. The van der Waals surface area contributed by atoms with Gasteiger partial charge in [-0.25, -0.2) is 8.78 Å². The molecule has 5 nitrogen and oxygen atoms in total. The number of hydrogen-bond acceptors (Lipinski definition) is 3. The fourth-order valence-corrected chi connectivity index (χ4v) is 2.56. The monoisotopic (exact) mass is 327 g/mol. The number of rotatable bonds is 6. The molecule has 1 fully saturated rings. The van der Waals surface area contributed by atoms with Crippen molar-refractivity contribution in [3.05, 3.63) is 35.4 Å². The molecule has 0 spiro atoms. The standard InChI is InChI=1S/C16H19F2NO4/c17-13-5-4-11(8-14(13)18)2-1-3-15(20)19-6-7-23-12(10-19)9-16(21)22/h4-5,8,12H,1-3,6-7,9-10H2,(H,21,22)/t12-/m0/s1. The van der Waals surface area contributed by atoms with E-state index in [0.717, 1.165) is 12.1 Å². The molecule has 7 heteroatoms. The number of benzene rings is 1. The van der Waals surface area contributed by atoms with Crippen molar-refractivity contribution in [2.24, 2.45) is 0 Å². The van der Waals surface area contributed by atoms with Crippen LogP contribution in [0.3, 0.4) is 0 Å². The Bertz CT molecular complexity index is 579. The predicted molar refractivity (Wildman–Crippen MR) is 77.9 cm³/mol. The molecule has 1 N–H and O–H groups in total. The maximum atomic E-state index is 13.1. The van der Waals surface area contributed by atoms with E-state index >= 15 is 0 Å². The van der Waals surface area contributed by atoms with E-state index in [1.165, 1.54) is 6.07 Å². The Morgan fingerprint density at radius 1 is 1.30 bits per heavy atom. The number of hydrogen-bond donors (Lipinski definition) is 1. The average Bonchev–Trinajstić information content (AvgIpc) is 2.50. The lowest BCUT2D eigenvalue weighted by molar-refractivity contribution is -0.147. The van der Waals surface area contributed by atoms with Gasteiger partial charge in [0.1, 0.15) is 0 Å². The van der Waals surface area contributed by atoms with Gasteiger partial charge in [0.25, 0.3) is 0 Å². The van der Waals surface area contributed by atoms with Crippen molar-refractivity contribution in [1.29, 1.82) is 0 Å². The molecular weight excluding hydrogens is 308 g/mol. The Kier molecular flexibility index (Phi) is 6.04. The smallest absolute Gasteiger partial charge is 0.306 e. The predicted octanol–water partition coefficient (Wildman–Crippen LogP) is 1.99. The second kappa shape index (κ2) is 8.01. The van der Waals surface area contributed by atoms with E-state index in [0.29, 0.717) is 31.6 Å². The molecule has 1 aromatic carbocycles. The van der Waals surface area contributed by atoms with Crippen LogP contribution in [0, 0.1) is 11.6 Å². The number of carbonyl (C=O) groups excluding carboxylic acids is 1. The average molecular weight is 327 g/mol. The van der Waals surface area contributed by atoms with Crippen LogP contribution in [0.1, 0.15) is 24.8 Å². The van der Waals surface area contributed by atoms with Gasteiger partial charge in [0.2, 0.25) is 5.91 Å². The molecule has 1 amide bonds. The fraction of sp³-hybridized carbons (Fsp3) is 0.500. The highest BCUT2D eigenvalue weighted by molar-refractivity contribution is 5.76. The Hall–Kier alpha value is -2.02. The lowest BCUT2D eigenvalue weighted by Gasteiger charge is -2.32. The Morgan fingerprint density at radius 2 is 2.09 bits per heavy atom. The van der Waals surface area contributed by atoms with E-state index in [1.807, 2.05) is 0 Å². The highest BCUT2D eigenvalue weighted by Crippen LogP contribution is 2.14. The number of morpholine rings is 1. The van der Waals surface area contributed by atoms with Gasteiger partial charge in [-0.1, -0.05) is 6.07 Å². The largest absolute Gasteiger partial charge is 0.481 e. The lowest BCUT2D eigenvalue weighted by Crippen LogP contribution is -2.46. The summed E-state index contributed by atoms with van der Waals surface area (Å²) in [5, 5.41) is 8.76. The van der Waals surface area contributed by atoms with Crippen LogP contribution in [0.2, 0.25) is 0 Å². The van der Waals surface area contributed by atoms with Crippen molar-refractivity contribution in [2.45, 2.75) is 31.8 Å². The zero-order valence-corrected chi connectivity index (χ0v) is 12.6. The summed E-state index contributed by atoms with van der Waals surface area (Å²) in [5.74, 6) is -2.81. The first-order valence-corrected chi connectivity index (χ1v) is 7.51. The molecular formula is C16H19F2NO4. The van der Waals surface area contributed by atoms with E-state index in [1.54, 1.807) is 4.90 Å². The highest BCUT2D eigenvalue weighted by Gasteiger charge is 2.25. The quantitative estimate of drug-likeness (QED) is 0.868. The molecule has 2 rings (SSSR count). The minimum atomic E-state index is -0.956. The topological polar surface area (TPSA) is 66.8 Å². The zero-order chi connectivity index (χ0) is 16.8. The van der Waals surface area contributed by atoms with Crippen LogP contribution in [-0.2, 0) is 20.7 Å². The molecule has 0 radical (unpaired) electrons. The second-order valence-corrected chi connectivity index (χ2v) is 5.53. The number of carboxylic acids is 1. The van der Waals surface area contributed by atoms with Crippen molar-refractivity contribution >= 4 is 11.9 Å². The number of amides is 1. The summed E-state index contributed by atoms with van der Waals surface area (Å²) in [6.07, 6.45) is 0.671. The Labute approximate surface area is 132 Å². The first-order chi connectivity index (χ1) is 11.0. The van der Waals surface area contributed by atoms with E-state index in [2.05, 4.69) is 0 Å². The molecule has 1 aliphatic heterocycles. The Balaban J connectivity index is 1.77. The normalized spacial score (nSPS) is 18.0. The molecule has 0 unspecified atom stereocenters. The summed E-state index contributed by atoms with van der Waals surface area (Å²) < 4.78 is 31.2. The van der Waals surface area contributed by atoms with Crippen LogP contribution in [0.25, 0.3) is 0 Å². The number of carbonyl (C=O) groups is 2. The first kappa shape index (κ1) is 17.3. The van der Waals surface area contributed by atoms with Crippen molar-refractivity contribution < 1.29 is 28.2 Å². The maximum absolute atomic E-state index is 13.1. The van der Waals surface area contributed by atoms with Gasteiger partial charge in [0.15, 0.2) is 11.6 Å². The minimum absolute atomic E-state index is 0.0775. The lowest BCUT2D eigenvalue weighted by atomic mass is 10.1. The number of carboxylic acid groups (broad SMARTS) is 1. The van der Waals surface area contributed by atoms with Crippen molar-refractivity contribution in [3.8, 4) is 0 Å². The Morgan fingerprint density at radius 3 is 2.78 bits per heavy atom. The third kappa shape index (κ3) is 5.28. The zero-order valence-electron chi connectivity index (χ0n) is 12.6. The van der Waals surface area contributed by atoms with Crippen molar-refractivity contribution in [1.82, 2.24) is 4.90 Å². The van der Waals surface area contributed by atoms with E-state index in [4.69, 9.17) is 9.84 Å². The minimum Gasteiger partial charge on any atom is -0.481 e. The van der Waals surface area contributed by atoms with Gasteiger partial charge in [-0.2, -0.15) is 0 Å². The van der Waals surface area contributed by atoms with Crippen LogP contribution in [-0.4, -0.2) is 47.7 Å². The number of aliphatic carboxylic acids is 1. The van der Waals surface area contributed by atoms with Crippen molar-refractivity contribution in [3.63, 3.8) is 0 Å². The molecule has 0 bridgehead atoms. The summed E-state index contributed by atoms with van der Waals surface area (Å²) in [4.78, 5) is 24.4. The number of halogens is 2. The summed E-state index contributed by atoms with van der Waals surface area (Å²) in [6.45, 7) is 1.04.